The molecule has 0 atom stereocenters. The molecule has 0 N–H and O–H groups in total. The average Bonchev–Trinajstić information content (AvgIpc) is 4.01. The number of aromatic nitrogens is 4. The third-order valence-electron chi connectivity index (χ3n) is 11.5. The first-order valence-corrected chi connectivity index (χ1v) is 19.7. The second kappa shape index (κ2) is 11.1. The number of benzene rings is 8. The molecule has 5 nitrogen and oxygen atoms in total. The van der Waals surface area contributed by atoms with Gasteiger partial charge in [-0.25, -0.2) is 9.97 Å². The second-order valence-corrected chi connectivity index (χ2v) is 15.5. The van der Waals surface area contributed by atoms with Crippen LogP contribution in [0.25, 0.3) is 120 Å². The summed E-state index contributed by atoms with van der Waals surface area (Å²) in [7, 11) is 0. The highest BCUT2D eigenvalue weighted by Crippen LogP contribution is 2.48. The lowest BCUT2D eigenvalue weighted by Gasteiger charge is -2.11. The van der Waals surface area contributed by atoms with Crippen LogP contribution in [0.1, 0.15) is 0 Å². The van der Waals surface area contributed by atoms with Crippen LogP contribution >= 0.6 is 11.3 Å². The molecule has 0 aliphatic carbocycles. The topological polar surface area (TPSA) is 48.8 Å². The molecule has 8 aromatic carbocycles. The number of hydrogen-bond donors (Lipinski definition) is 0. The maximum absolute atomic E-state index is 6.69. The van der Waals surface area contributed by atoms with Crippen LogP contribution in [0.3, 0.4) is 0 Å². The Kier molecular flexibility index (Phi) is 5.98. The summed E-state index contributed by atoms with van der Waals surface area (Å²) in [6, 6.07) is 60.4. The molecule has 0 fully saturated rings. The fraction of sp³-hybridized carbons (Fsp3) is 0. The number of fused-ring (bicyclic) bond motifs is 16. The van der Waals surface area contributed by atoms with Crippen LogP contribution in [0.2, 0.25) is 0 Å². The Morgan fingerprint density at radius 1 is 0.464 bits per heavy atom. The molecule has 0 amide bonds. The number of thiophene rings is 1. The van der Waals surface area contributed by atoms with E-state index in [2.05, 4.69) is 167 Å². The van der Waals surface area contributed by atoms with Crippen molar-refractivity contribution in [2.24, 2.45) is 0 Å². The van der Waals surface area contributed by atoms with Gasteiger partial charge in [0.05, 0.1) is 26.8 Å². The zero-order valence-corrected chi connectivity index (χ0v) is 30.6. The van der Waals surface area contributed by atoms with E-state index in [0.29, 0.717) is 11.5 Å². The van der Waals surface area contributed by atoms with E-state index in [1.807, 2.05) is 23.5 Å². The summed E-state index contributed by atoms with van der Waals surface area (Å²) >= 11 is 1.84. The van der Waals surface area contributed by atoms with E-state index in [-0.39, 0.29) is 0 Å². The van der Waals surface area contributed by atoms with Gasteiger partial charge in [-0.3, -0.25) is 4.57 Å². The Labute approximate surface area is 322 Å². The normalized spacial score (nSPS) is 12.3. The number of hydrogen-bond acceptors (Lipinski definition) is 4. The molecule has 0 aliphatic rings. The van der Waals surface area contributed by atoms with Crippen molar-refractivity contribution in [1.82, 2.24) is 19.1 Å². The third-order valence-corrected chi connectivity index (χ3v) is 12.7. The minimum Gasteiger partial charge on any atom is -0.452 e. The van der Waals surface area contributed by atoms with Crippen molar-refractivity contribution in [3.8, 4) is 22.9 Å². The van der Waals surface area contributed by atoms with Crippen molar-refractivity contribution >= 4 is 108 Å². The van der Waals surface area contributed by atoms with Gasteiger partial charge in [0.2, 0.25) is 5.95 Å². The largest absolute Gasteiger partial charge is 0.452 e. The Bertz CT molecular complexity index is 3770. The van der Waals surface area contributed by atoms with Crippen LogP contribution < -0.4 is 0 Å². The summed E-state index contributed by atoms with van der Waals surface area (Å²) in [5.74, 6) is 0.617. The second-order valence-electron chi connectivity index (χ2n) is 14.5. The lowest BCUT2D eigenvalue weighted by molar-refractivity contribution is 0.666. The molecular formula is C50H28N4OS. The van der Waals surface area contributed by atoms with Gasteiger partial charge in [0.15, 0.2) is 5.58 Å². The lowest BCUT2D eigenvalue weighted by atomic mass is 9.99. The van der Waals surface area contributed by atoms with Gasteiger partial charge < -0.3 is 8.98 Å². The minimum atomic E-state index is 0.617. The molecule has 0 aliphatic heterocycles. The molecule has 5 heterocycles. The zero-order valence-electron chi connectivity index (χ0n) is 29.8. The number of para-hydroxylation sites is 4. The average molecular weight is 733 g/mol. The summed E-state index contributed by atoms with van der Waals surface area (Å²) < 4.78 is 13.8. The molecule has 0 radical (unpaired) electrons. The molecule has 0 saturated carbocycles. The van der Waals surface area contributed by atoms with Crippen molar-refractivity contribution in [2.45, 2.75) is 0 Å². The van der Waals surface area contributed by atoms with Gasteiger partial charge in [-0.05, 0) is 65.4 Å². The molecular weight excluding hydrogens is 705 g/mol. The third kappa shape index (κ3) is 3.98. The van der Waals surface area contributed by atoms with Crippen LogP contribution in [0.15, 0.2) is 174 Å². The zero-order chi connectivity index (χ0) is 36.5. The SMILES string of the molecule is c1ccc(-n2c3ccccc3c3cc(-c4nc(-n5c6ccccc6c6c7ccccc7c7c8ccccc8sc7c65)nc5c4oc4ccccc45)ccc32)cc1. The summed E-state index contributed by atoms with van der Waals surface area (Å²) in [5, 5.41) is 10.7. The van der Waals surface area contributed by atoms with E-state index in [0.717, 1.165) is 60.9 Å². The van der Waals surface area contributed by atoms with E-state index in [4.69, 9.17) is 14.4 Å². The van der Waals surface area contributed by atoms with E-state index in [1.54, 1.807) is 0 Å². The monoisotopic (exact) mass is 732 g/mol. The summed E-state index contributed by atoms with van der Waals surface area (Å²) in [6.07, 6.45) is 0. The molecule has 0 bridgehead atoms. The predicted molar refractivity (Wildman–Crippen MR) is 234 cm³/mol. The van der Waals surface area contributed by atoms with Crippen molar-refractivity contribution in [3.63, 3.8) is 0 Å². The molecule has 13 rings (SSSR count). The molecule has 6 heteroatoms. The first kappa shape index (κ1) is 30.1. The number of nitrogens with zero attached hydrogens (tertiary/aromatic N) is 4. The van der Waals surface area contributed by atoms with Gasteiger partial charge in [0.1, 0.15) is 16.8 Å². The van der Waals surface area contributed by atoms with E-state index < -0.39 is 0 Å². The van der Waals surface area contributed by atoms with Gasteiger partial charge >= 0.3 is 0 Å². The van der Waals surface area contributed by atoms with Gasteiger partial charge in [-0.15, -0.1) is 11.3 Å². The molecule has 0 unspecified atom stereocenters. The van der Waals surface area contributed by atoms with Gasteiger partial charge in [0.25, 0.3) is 0 Å². The Balaban J connectivity index is 1.18. The fourth-order valence-corrected chi connectivity index (χ4v) is 10.4. The molecule has 56 heavy (non-hydrogen) atoms. The first-order valence-electron chi connectivity index (χ1n) is 18.8. The highest BCUT2D eigenvalue weighted by atomic mass is 32.1. The summed E-state index contributed by atoms with van der Waals surface area (Å²) in [6.45, 7) is 0. The maximum Gasteiger partial charge on any atom is 0.236 e. The smallest absolute Gasteiger partial charge is 0.236 e. The van der Waals surface area contributed by atoms with Crippen LogP contribution in [-0.4, -0.2) is 19.1 Å². The van der Waals surface area contributed by atoms with Crippen LogP contribution in [0, 0.1) is 0 Å². The summed E-state index contributed by atoms with van der Waals surface area (Å²) in [4.78, 5) is 11.0. The Morgan fingerprint density at radius 3 is 1.91 bits per heavy atom. The van der Waals surface area contributed by atoms with Gasteiger partial charge in [-0.2, -0.15) is 0 Å². The number of rotatable bonds is 3. The fourth-order valence-electron chi connectivity index (χ4n) is 9.18. The van der Waals surface area contributed by atoms with Crippen molar-refractivity contribution in [3.05, 3.63) is 170 Å². The minimum absolute atomic E-state index is 0.617. The van der Waals surface area contributed by atoms with Crippen molar-refractivity contribution in [1.29, 1.82) is 0 Å². The Morgan fingerprint density at radius 2 is 1.09 bits per heavy atom. The molecule has 13 aromatic rings. The van der Waals surface area contributed by atoms with Crippen LogP contribution in [0.5, 0.6) is 0 Å². The quantitative estimate of drug-likeness (QED) is 0.182. The summed E-state index contributed by atoms with van der Waals surface area (Å²) in [5.41, 5.74) is 9.62. The van der Waals surface area contributed by atoms with Gasteiger partial charge in [-0.1, -0.05) is 115 Å². The van der Waals surface area contributed by atoms with Crippen LogP contribution in [0.4, 0.5) is 0 Å². The van der Waals surface area contributed by atoms with Gasteiger partial charge in [0, 0.05) is 53.7 Å². The molecule has 0 spiro atoms. The molecule has 0 saturated heterocycles. The van der Waals surface area contributed by atoms with Crippen molar-refractivity contribution in [2.75, 3.05) is 0 Å². The highest BCUT2D eigenvalue weighted by Gasteiger charge is 2.25. The van der Waals surface area contributed by atoms with E-state index in [1.165, 1.54) is 47.1 Å². The molecule has 260 valence electrons. The first-order chi connectivity index (χ1) is 27.8. The van der Waals surface area contributed by atoms with E-state index >= 15 is 0 Å². The van der Waals surface area contributed by atoms with Crippen molar-refractivity contribution < 1.29 is 4.42 Å². The lowest BCUT2D eigenvalue weighted by Crippen LogP contribution is -2.03. The Hall–Kier alpha value is -7.28. The number of furan rings is 1. The standard InChI is InChI=1S/C50H28N4OS/c1-2-14-30(15-3-1)53-38-22-10-6-16-31(38)37-28-29(26-27-40(37)53)45-48-46(35-20-8-12-24-41(35)55-48)52-50(51-45)54-39-23-11-7-19-34(39)43-32-17-4-5-18-33(32)44-36-21-9-13-25-42(36)56-49(44)47(43)54/h1-28H. The highest BCUT2D eigenvalue weighted by molar-refractivity contribution is 7.27. The predicted octanol–water partition coefficient (Wildman–Crippen LogP) is 13.8. The molecule has 5 aromatic heterocycles. The maximum atomic E-state index is 6.69. The van der Waals surface area contributed by atoms with Crippen LogP contribution in [-0.2, 0) is 0 Å². The van der Waals surface area contributed by atoms with E-state index in [9.17, 15) is 0 Å².